The van der Waals surface area contributed by atoms with Crippen molar-refractivity contribution in [1.29, 1.82) is 0 Å². The Kier molecular flexibility index (Phi) is 4.97. The van der Waals surface area contributed by atoms with Crippen LogP contribution in [0.2, 0.25) is 5.02 Å². The van der Waals surface area contributed by atoms with E-state index >= 15 is 0 Å². The molecule has 0 aliphatic carbocycles. The Morgan fingerprint density at radius 3 is 2.33 bits per heavy atom. The van der Waals surface area contributed by atoms with Gasteiger partial charge in [-0.05, 0) is 36.8 Å². The number of methoxy groups -OCH3 is 1. The largest absolute Gasteiger partial charge is 0.495 e. The van der Waals surface area contributed by atoms with E-state index in [-0.39, 0.29) is 6.04 Å². The number of halogens is 1. The van der Waals surface area contributed by atoms with Crippen molar-refractivity contribution in [3.63, 3.8) is 0 Å². The molecule has 0 heterocycles. The van der Waals surface area contributed by atoms with Gasteiger partial charge in [0.05, 0.1) is 12.1 Å². The van der Waals surface area contributed by atoms with E-state index in [4.69, 9.17) is 16.3 Å². The van der Waals surface area contributed by atoms with Crippen LogP contribution in [0, 0.1) is 0 Å². The van der Waals surface area contributed by atoms with Gasteiger partial charge in [-0.25, -0.2) is 0 Å². The summed E-state index contributed by atoms with van der Waals surface area (Å²) in [4.78, 5) is 2.09. The second-order valence-electron chi connectivity index (χ2n) is 5.20. The zero-order valence-electron chi connectivity index (χ0n) is 12.9. The third-order valence-electron chi connectivity index (χ3n) is 3.44. The fourth-order valence-electron chi connectivity index (χ4n) is 2.14. The maximum atomic E-state index is 6.04. The highest BCUT2D eigenvalue weighted by molar-refractivity contribution is 6.32. The molecule has 0 aliphatic heterocycles. The molecular formula is C17H21ClN2O. The van der Waals surface area contributed by atoms with Gasteiger partial charge in [-0.1, -0.05) is 23.7 Å². The molecule has 0 bridgehead atoms. The number of rotatable bonds is 5. The highest BCUT2D eigenvalue weighted by Gasteiger charge is 2.08. The van der Waals surface area contributed by atoms with Crippen LogP contribution in [0.5, 0.6) is 5.75 Å². The summed E-state index contributed by atoms with van der Waals surface area (Å²) in [6.45, 7) is 2.13. The van der Waals surface area contributed by atoms with Crippen molar-refractivity contribution in [2.45, 2.75) is 13.0 Å². The topological polar surface area (TPSA) is 24.5 Å². The number of benzene rings is 2. The lowest BCUT2D eigenvalue weighted by Gasteiger charge is -2.18. The van der Waals surface area contributed by atoms with Crippen LogP contribution in [-0.4, -0.2) is 21.2 Å². The summed E-state index contributed by atoms with van der Waals surface area (Å²) in [5, 5.41) is 4.07. The first kappa shape index (κ1) is 15.5. The monoisotopic (exact) mass is 304 g/mol. The quantitative estimate of drug-likeness (QED) is 0.874. The van der Waals surface area contributed by atoms with Crippen LogP contribution in [0.4, 0.5) is 11.4 Å². The van der Waals surface area contributed by atoms with E-state index in [1.54, 1.807) is 7.11 Å². The number of hydrogen-bond acceptors (Lipinski definition) is 3. The molecule has 0 saturated heterocycles. The molecule has 2 aromatic carbocycles. The minimum atomic E-state index is 0.201. The fourth-order valence-corrected chi connectivity index (χ4v) is 2.34. The standard InChI is InChI=1S/C17H21ClN2O/c1-12(13-5-8-15(9-6-13)20(2)3)19-14-7-10-16(18)17(11-14)21-4/h5-12,19H,1-4H3. The first-order chi connectivity index (χ1) is 10.0. The number of nitrogens with zero attached hydrogens (tertiary/aromatic N) is 1. The molecule has 0 fully saturated rings. The molecule has 0 aliphatic rings. The van der Waals surface area contributed by atoms with Gasteiger partial charge in [0.25, 0.3) is 0 Å². The lowest BCUT2D eigenvalue weighted by atomic mass is 10.1. The number of hydrogen-bond donors (Lipinski definition) is 1. The van der Waals surface area contributed by atoms with Gasteiger partial charge in [-0.15, -0.1) is 0 Å². The van der Waals surface area contributed by atoms with E-state index in [1.807, 2.05) is 32.3 Å². The molecule has 1 unspecified atom stereocenters. The van der Waals surface area contributed by atoms with E-state index in [0.29, 0.717) is 10.8 Å². The van der Waals surface area contributed by atoms with E-state index < -0.39 is 0 Å². The van der Waals surface area contributed by atoms with Crippen molar-refractivity contribution in [3.05, 3.63) is 53.1 Å². The van der Waals surface area contributed by atoms with Crippen LogP contribution in [-0.2, 0) is 0 Å². The Bertz CT molecular complexity index is 596. The van der Waals surface area contributed by atoms with E-state index in [1.165, 1.54) is 11.3 Å². The van der Waals surface area contributed by atoms with Gasteiger partial charge in [0.2, 0.25) is 0 Å². The van der Waals surface area contributed by atoms with E-state index in [2.05, 4.69) is 41.4 Å². The van der Waals surface area contributed by atoms with Crippen molar-refractivity contribution in [2.24, 2.45) is 0 Å². The van der Waals surface area contributed by atoms with Gasteiger partial charge in [0, 0.05) is 37.6 Å². The molecule has 4 heteroatoms. The Balaban J connectivity index is 2.12. The average molecular weight is 305 g/mol. The predicted molar refractivity (Wildman–Crippen MR) is 90.8 cm³/mol. The molecular weight excluding hydrogens is 284 g/mol. The SMILES string of the molecule is COc1cc(NC(C)c2ccc(N(C)C)cc2)ccc1Cl. The third-order valence-corrected chi connectivity index (χ3v) is 3.76. The fraction of sp³-hybridized carbons (Fsp3) is 0.294. The molecule has 0 spiro atoms. The molecule has 3 nitrogen and oxygen atoms in total. The Morgan fingerprint density at radius 2 is 1.76 bits per heavy atom. The van der Waals surface area contributed by atoms with Crippen molar-refractivity contribution in [3.8, 4) is 5.75 Å². The highest BCUT2D eigenvalue weighted by atomic mass is 35.5. The second-order valence-corrected chi connectivity index (χ2v) is 5.61. The van der Waals surface area contributed by atoms with E-state index in [0.717, 1.165) is 5.69 Å². The Hall–Kier alpha value is -1.87. The summed E-state index contributed by atoms with van der Waals surface area (Å²) < 4.78 is 5.24. The summed E-state index contributed by atoms with van der Waals surface area (Å²) in [5.41, 5.74) is 3.41. The van der Waals surface area contributed by atoms with Crippen molar-refractivity contribution in [1.82, 2.24) is 0 Å². The number of nitrogens with one attached hydrogen (secondary N) is 1. The summed E-state index contributed by atoms with van der Waals surface area (Å²) in [6, 6.07) is 14.4. The number of anilines is 2. The second kappa shape index (κ2) is 6.72. The maximum absolute atomic E-state index is 6.04. The normalized spacial score (nSPS) is 11.9. The Labute approximate surface area is 131 Å². The van der Waals surface area contributed by atoms with Gasteiger partial charge < -0.3 is 15.0 Å². The van der Waals surface area contributed by atoms with Crippen LogP contribution in [0.15, 0.2) is 42.5 Å². The molecule has 2 aromatic rings. The maximum Gasteiger partial charge on any atom is 0.139 e. The van der Waals surface area contributed by atoms with Crippen molar-refractivity contribution >= 4 is 23.0 Å². The van der Waals surface area contributed by atoms with Crippen molar-refractivity contribution < 1.29 is 4.74 Å². The van der Waals surface area contributed by atoms with Gasteiger partial charge in [0.15, 0.2) is 0 Å². The molecule has 112 valence electrons. The highest BCUT2D eigenvalue weighted by Crippen LogP contribution is 2.29. The molecule has 1 N–H and O–H groups in total. The van der Waals surface area contributed by atoms with Crippen LogP contribution in [0.25, 0.3) is 0 Å². The predicted octanol–water partition coefficient (Wildman–Crippen LogP) is 4.59. The molecule has 0 saturated carbocycles. The van der Waals surface area contributed by atoms with Crippen LogP contribution in [0.1, 0.15) is 18.5 Å². The lowest BCUT2D eigenvalue weighted by Crippen LogP contribution is -2.10. The summed E-state index contributed by atoms with van der Waals surface area (Å²) in [7, 11) is 5.70. The molecule has 0 aromatic heterocycles. The summed E-state index contributed by atoms with van der Waals surface area (Å²) in [5.74, 6) is 0.678. The average Bonchev–Trinajstić information content (AvgIpc) is 2.49. The van der Waals surface area contributed by atoms with Gasteiger partial charge >= 0.3 is 0 Å². The first-order valence-electron chi connectivity index (χ1n) is 6.88. The molecule has 21 heavy (non-hydrogen) atoms. The zero-order chi connectivity index (χ0) is 15.4. The smallest absolute Gasteiger partial charge is 0.139 e. The minimum Gasteiger partial charge on any atom is -0.495 e. The molecule has 0 amide bonds. The first-order valence-corrected chi connectivity index (χ1v) is 7.26. The van der Waals surface area contributed by atoms with Crippen LogP contribution in [0.3, 0.4) is 0 Å². The number of ether oxygens (including phenoxy) is 1. The Morgan fingerprint density at radius 1 is 1.10 bits per heavy atom. The van der Waals surface area contributed by atoms with Gasteiger partial charge in [-0.2, -0.15) is 0 Å². The lowest BCUT2D eigenvalue weighted by molar-refractivity contribution is 0.415. The summed E-state index contributed by atoms with van der Waals surface area (Å²) >= 11 is 6.04. The van der Waals surface area contributed by atoms with Crippen LogP contribution >= 0.6 is 11.6 Å². The summed E-state index contributed by atoms with van der Waals surface area (Å²) in [6.07, 6.45) is 0. The minimum absolute atomic E-state index is 0.201. The third kappa shape index (κ3) is 3.82. The molecule has 1 atom stereocenters. The molecule has 2 rings (SSSR count). The van der Waals surface area contributed by atoms with Crippen LogP contribution < -0.4 is 15.0 Å². The molecule has 0 radical (unpaired) electrons. The zero-order valence-corrected chi connectivity index (χ0v) is 13.6. The van der Waals surface area contributed by atoms with E-state index in [9.17, 15) is 0 Å². The van der Waals surface area contributed by atoms with Gasteiger partial charge in [-0.3, -0.25) is 0 Å². The van der Waals surface area contributed by atoms with Crippen molar-refractivity contribution in [2.75, 3.05) is 31.4 Å². The van der Waals surface area contributed by atoms with Gasteiger partial charge in [0.1, 0.15) is 5.75 Å².